The molecular formula is C26H23N3O3S. The first-order valence-electron chi connectivity index (χ1n) is 10.4. The number of carbonyl (C=O) groups is 2. The monoisotopic (exact) mass is 457 g/mol. The summed E-state index contributed by atoms with van der Waals surface area (Å²) in [5, 5.41) is 9.08. The molecule has 2 N–H and O–H groups in total. The SMILES string of the molecule is Cc1ccc(C(=O)Nc2cccc(SC(C(=O)Nc3cc(C)on3)c3ccccc3)c2)cc1. The Morgan fingerprint density at radius 3 is 2.33 bits per heavy atom. The van der Waals surface area contributed by atoms with Crippen molar-refractivity contribution < 1.29 is 14.1 Å². The van der Waals surface area contributed by atoms with Crippen LogP contribution in [0.15, 0.2) is 94.3 Å². The molecule has 0 radical (unpaired) electrons. The number of hydrogen-bond donors (Lipinski definition) is 2. The van der Waals surface area contributed by atoms with E-state index in [0.29, 0.717) is 22.8 Å². The maximum Gasteiger partial charge on any atom is 0.255 e. The zero-order chi connectivity index (χ0) is 23.2. The molecule has 6 nitrogen and oxygen atoms in total. The van der Waals surface area contributed by atoms with Crippen LogP contribution in [0.3, 0.4) is 0 Å². The Balaban J connectivity index is 1.53. The molecule has 0 aliphatic rings. The molecule has 0 bridgehead atoms. The summed E-state index contributed by atoms with van der Waals surface area (Å²) in [5.74, 6) is 0.592. The Labute approximate surface area is 196 Å². The van der Waals surface area contributed by atoms with E-state index >= 15 is 0 Å². The molecule has 1 heterocycles. The summed E-state index contributed by atoms with van der Waals surface area (Å²) < 4.78 is 5.05. The molecule has 0 aliphatic carbocycles. The number of anilines is 2. The van der Waals surface area contributed by atoms with Crippen molar-refractivity contribution >= 4 is 35.1 Å². The number of thioether (sulfide) groups is 1. The number of amides is 2. The molecule has 1 unspecified atom stereocenters. The predicted octanol–water partition coefficient (Wildman–Crippen LogP) is 6.02. The molecule has 0 aliphatic heterocycles. The lowest BCUT2D eigenvalue weighted by atomic mass is 10.1. The van der Waals surface area contributed by atoms with Crippen molar-refractivity contribution in [1.29, 1.82) is 0 Å². The van der Waals surface area contributed by atoms with Crippen LogP contribution in [-0.2, 0) is 4.79 Å². The first-order chi connectivity index (χ1) is 16.0. The van der Waals surface area contributed by atoms with Crippen LogP contribution in [0.4, 0.5) is 11.5 Å². The molecule has 1 aromatic heterocycles. The fourth-order valence-electron chi connectivity index (χ4n) is 3.21. The number of carbonyl (C=O) groups excluding carboxylic acids is 2. The summed E-state index contributed by atoms with van der Waals surface area (Å²) in [5.41, 5.74) is 3.19. The first kappa shape index (κ1) is 22.4. The largest absolute Gasteiger partial charge is 0.360 e. The van der Waals surface area contributed by atoms with E-state index in [-0.39, 0.29) is 11.8 Å². The zero-order valence-corrected chi connectivity index (χ0v) is 19.1. The Hall–Kier alpha value is -3.84. The highest BCUT2D eigenvalue weighted by Crippen LogP contribution is 2.37. The van der Waals surface area contributed by atoms with Crippen molar-refractivity contribution in [3.63, 3.8) is 0 Å². The molecule has 166 valence electrons. The van der Waals surface area contributed by atoms with Crippen LogP contribution < -0.4 is 10.6 Å². The lowest BCUT2D eigenvalue weighted by molar-refractivity contribution is -0.115. The van der Waals surface area contributed by atoms with Gasteiger partial charge in [-0.2, -0.15) is 0 Å². The molecule has 2 amide bonds. The quantitative estimate of drug-likeness (QED) is 0.332. The molecule has 4 aromatic rings. The minimum Gasteiger partial charge on any atom is -0.360 e. The molecule has 1 atom stereocenters. The van der Waals surface area contributed by atoms with Crippen molar-refractivity contribution in [2.24, 2.45) is 0 Å². The molecule has 3 aromatic carbocycles. The number of benzene rings is 3. The fraction of sp³-hybridized carbons (Fsp3) is 0.115. The first-order valence-corrected chi connectivity index (χ1v) is 11.3. The van der Waals surface area contributed by atoms with Gasteiger partial charge in [0.15, 0.2) is 5.82 Å². The average molecular weight is 458 g/mol. The minimum absolute atomic E-state index is 0.184. The topological polar surface area (TPSA) is 84.2 Å². The molecule has 0 spiro atoms. The number of aromatic nitrogens is 1. The minimum atomic E-state index is -0.522. The second kappa shape index (κ2) is 10.2. The molecular weight excluding hydrogens is 434 g/mol. The van der Waals surface area contributed by atoms with Crippen molar-refractivity contribution in [2.75, 3.05) is 10.6 Å². The number of aryl methyl sites for hydroxylation is 2. The van der Waals surface area contributed by atoms with Crippen molar-refractivity contribution in [3.8, 4) is 0 Å². The van der Waals surface area contributed by atoms with Crippen molar-refractivity contribution in [3.05, 3.63) is 107 Å². The summed E-state index contributed by atoms with van der Waals surface area (Å²) in [7, 11) is 0. The van der Waals surface area contributed by atoms with E-state index in [0.717, 1.165) is 16.0 Å². The van der Waals surface area contributed by atoms with Gasteiger partial charge in [-0.15, -0.1) is 11.8 Å². The van der Waals surface area contributed by atoms with Crippen LogP contribution in [0.1, 0.15) is 32.5 Å². The van der Waals surface area contributed by atoms with E-state index in [9.17, 15) is 9.59 Å². The van der Waals surface area contributed by atoms with E-state index in [1.54, 1.807) is 25.1 Å². The summed E-state index contributed by atoms with van der Waals surface area (Å²) in [6.45, 7) is 3.74. The van der Waals surface area contributed by atoms with Gasteiger partial charge in [0, 0.05) is 22.2 Å². The fourth-order valence-corrected chi connectivity index (χ4v) is 4.29. The lowest BCUT2D eigenvalue weighted by Crippen LogP contribution is -2.19. The van der Waals surface area contributed by atoms with E-state index in [4.69, 9.17) is 4.52 Å². The highest BCUT2D eigenvalue weighted by Gasteiger charge is 2.23. The zero-order valence-electron chi connectivity index (χ0n) is 18.2. The number of hydrogen-bond acceptors (Lipinski definition) is 5. The normalized spacial score (nSPS) is 11.6. The lowest BCUT2D eigenvalue weighted by Gasteiger charge is -2.17. The summed E-state index contributed by atoms with van der Waals surface area (Å²) in [4.78, 5) is 26.6. The van der Waals surface area contributed by atoms with Gasteiger partial charge in [0.05, 0.1) is 0 Å². The Morgan fingerprint density at radius 2 is 1.64 bits per heavy atom. The maximum atomic E-state index is 13.1. The van der Waals surface area contributed by atoms with Crippen molar-refractivity contribution in [2.45, 2.75) is 24.0 Å². The molecule has 4 rings (SSSR count). The highest BCUT2D eigenvalue weighted by atomic mass is 32.2. The Bertz CT molecular complexity index is 1250. The van der Waals surface area contributed by atoms with Crippen LogP contribution in [-0.4, -0.2) is 17.0 Å². The highest BCUT2D eigenvalue weighted by molar-refractivity contribution is 8.00. The molecule has 0 fully saturated rings. The smallest absolute Gasteiger partial charge is 0.255 e. The third kappa shape index (κ3) is 5.90. The molecule has 0 saturated heterocycles. The maximum absolute atomic E-state index is 13.1. The van der Waals surface area contributed by atoms with Gasteiger partial charge < -0.3 is 15.2 Å². The van der Waals surface area contributed by atoms with Gasteiger partial charge in [-0.05, 0) is 49.7 Å². The van der Waals surface area contributed by atoms with Crippen LogP contribution in [0, 0.1) is 13.8 Å². The summed E-state index contributed by atoms with van der Waals surface area (Å²) in [6.07, 6.45) is 0. The van der Waals surface area contributed by atoms with E-state index in [1.165, 1.54) is 11.8 Å². The van der Waals surface area contributed by atoms with E-state index in [2.05, 4.69) is 15.8 Å². The van der Waals surface area contributed by atoms with Crippen LogP contribution in [0.25, 0.3) is 0 Å². The molecule has 33 heavy (non-hydrogen) atoms. The second-order valence-corrected chi connectivity index (χ2v) is 8.75. The number of rotatable bonds is 7. The van der Waals surface area contributed by atoms with Gasteiger partial charge in [0.2, 0.25) is 5.91 Å². The van der Waals surface area contributed by atoms with Gasteiger partial charge in [0.1, 0.15) is 11.0 Å². The van der Waals surface area contributed by atoms with Crippen LogP contribution in [0.5, 0.6) is 0 Å². The Kier molecular flexibility index (Phi) is 6.90. The molecule has 0 saturated carbocycles. The van der Waals surface area contributed by atoms with E-state index in [1.807, 2.05) is 73.7 Å². The van der Waals surface area contributed by atoms with E-state index < -0.39 is 5.25 Å². The summed E-state index contributed by atoms with van der Waals surface area (Å²) in [6, 6.07) is 26.1. The third-order valence-electron chi connectivity index (χ3n) is 4.88. The van der Waals surface area contributed by atoms with Gasteiger partial charge >= 0.3 is 0 Å². The van der Waals surface area contributed by atoms with Gasteiger partial charge in [-0.3, -0.25) is 9.59 Å². The number of nitrogens with zero attached hydrogens (tertiary/aromatic N) is 1. The predicted molar refractivity (Wildman–Crippen MR) is 130 cm³/mol. The third-order valence-corrected chi connectivity index (χ3v) is 6.13. The van der Waals surface area contributed by atoms with Gasteiger partial charge in [0.25, 0.3) is 5.91 Å². The van der Waals surface area contributed by atoms with Gasteiger partial charge in [-0.25, -0.2) is 0 Å². The molecule has 7 heteroatoms. The van der Waals surface area contributed by atoms with Crippen LogP contribution in [0.2, 0.25) is 0 Å². The van der Waals surface area contributed by atoms with Gasteiger partial charge in [-0.1, -0.05) is 59.3 Å². The van der Waals surface area contributed by atoms with Crippen molar-refractivity contribution in [1.82, 2.24) is 5.16 Å². The van der Waals surface area contributed by atoms with Crippen LogP contribution >= 0.6 is 11.8 Å². The average Bonchev–Trinajstić information content (AvgIpc) is 3.23. The standard InChI is InChI=1S/C26H23N3O3S/c1-17-11-13-20(14-12-17)25(30)27-21-9-6-10-22(16-21)33-24(19-7-4-3-5-8-19)26(31)28-23-15-18(2)32-29-23/h3-16,24H,1-2H3,(H,27,30)(H,28,29,31). The Morgan fingerprint density at radius 1 is 0.879 bits per heavy atom. The summed E-state index contributed by atoms with van der Waals surface area (Å²) >= 11 is 1.39. The number of nitrogens with one attached hydrogen (secondary N) is 2. The second-order valence-electron chi connectivity index (χ2n) is 7.57.